The summed E-state index contributed by atoms with van der Waals surface area (Å²) in [6.07, 6.45) is 1.27. The molecule has 0 fully saturated rings. The lowest BCUT2D eigenvalue weighted by molar-refractivity contribution is -0.150. The van der Waals surface area contributed by atoms with Crippen molar-refractivity contribution in [2.45, 2.75) is 25.8 Å². The molecule has 0 aliphatic rings. The Morgan fingerprint density at radius 3 is 2.21 bits per heavy atom. The minimum atomic E-state index is -2.44. The molecule has 0 amide bonds. The molecule has 2 N–H and O–H groups in total. The van der Waals surface area contributed by atoms with Crippen molar-refractivity contribution < 1.29 is 22.9 Å². The number of rotatable bonds is 12. The molecule has 0 saturated carbocycles. The monoisotopic (exact) mass is 294 g/mol. The van der Waals surface area contributed by atoms with E-state index in [2.05, 4.69) is 10.8 Å². The summed E-state index contributed by atoms with van der Waals surface area (Å²) in [7, 11) is 2.39. The van der Waals surface area contributed by atoms with Gasteiger partial charge in [-0.1, -0.05) is 6.92 Å². The van der Waals surface area contributed by atoms with E-state index in [0.29, 0.717) is 13.0 Å². The van der Waals surface area contributed by atoms with Gasteiger partial charge in [-0.05, 0) is 13.0 Å². The van der Waals surface area contributed by atoms with Crippen LogP contribution in [0, 0.1) is 0 Å². The molecule has 19 heavy (non-hydrogen) atoms. The number of carbonyl (C=O) groups excluding carboxylic acids is 1. The third-order valence-electron chi connectivity index (χ3n) is 2.65. The maximum absolute atomic E-state index is 10.8. The summed E-state index contributed by atoms with van der Waals surface area (Å²) >= 11 is 0. The molecule has 8 heteroatoms. The third-order valence-corrected chi connectivity index (χ3v) is 5.48. The second kappa shape index (κ2) is 11.3. The lowest BCUT2D eigenvalue weighted by Gasteiger charge is -2.24. The van der Waals surface area contributed by atoms with Gasteiger partial charge in [-0.15, -0.1) is 0 Å². The molecule has 0 aromatic carbocycles. The highest BCUT2D eigenvalue weighted by Crippen LogP contribution is 2.14. The van der Waals surface area contributed by atoms with E-state index in [1.807, 2.05) is 0 Å². The fourth-order valence-corrected chi connectivity index (χ4v) is 3.18. The van der Waals surface area contributed by atoms with Crippen molar-refractivity contribution in [1.29, 1.82) is 0 Å². The Morgan fingerprint density at radius 1 is 1.05 bits per heavy atom. The van der Waals surface area contributed by atoms with E-state index in [9.17, 15) is 4.79 Å². The van der Waals surface area contributed by atoms with Crippen LogP contribution in [-0.2, 0) is 22.9 Å². The molecule has 0 radical (unpaired) electrons. The van der Waals surface area contributed by atoms with Crippen LogP contribution in [0.2, 0.25) is 6.04 Å². The molecule has 0 heterocycles. The molecule has 114 valence electrons. The van der Waals surface area contributed by atoms with Gasteiger partial charge in [0.1, 0.15) is 0 Å². The topological polar surface area (TPSA) is 78.1 Å². The van der Waals surface area contributed by atoms with Crippen molar-refractivity contribution in [1.82, 2.24) is 10.8 Å². The van der Waals surface area contributed by atoms with Gasteiger partial charge in [-0.2, -0.15) is 5.48 Å². The largest absolute Gasteiger partial charge is 0.500 e. The normalized spacial score (nSPS) is 11.6. The Balaban J connectivity index is 3.47. The quantitative estimate of drug-likeness (QED) is 0.304. The van der Waals surface area contributed by atoms with Crippen LogP contribution >= 0.6 is 0 Å². The molecule has 0 spiro atoms. The SMILES string of the molecule is CCC(=O)ONCCNCCC[Si](OC)(OC)OC. The summed E-state index contributed by atoms with van der Waals surface area (Å²) in [5, 5.41) is 3.22. The summed E-state index contributed by atoms with van der Waals surface area (Å²) in [5.74, 6) is -0.254. The van der Waals surface area contributed by atoms with Crippen molar-refractivity contribution in [3.05, 3.63) is 0 Å². The van der Waals surface area contributed by atoms with Crippen LogP contribution in [-0.4, -0.2) is 55.7 Å². The first-order chi connectivity index (χ1) is 9.14. The van der Waals surface area contributed by atoms with E-state index in [0.717, 1.165) is 25.6 Å². The summed E-state index contributed by atoms with van der Waals surface area (Å²) in [6, 6.07) is 0.766. The molecular formula is C11H26N2O5Si. The molecule has 0 saturated heterocycles. The minimum absolute atomic E-state index is 0.254. The van der Waals surface area contributed by atoms with Gasteiger partial charge in [0, 0.05) is 46.9 Å². The van der Waals surface area contributed by atoms with Crippen LogP contribution in [0.15, 0.2) is 0 Å². The lowest BCUT2D eigenvalue weighted by Crippen LogP contribution is -2.43. The zero-order valence-corrected chi connectivity index (χ0v) is 13.3. The molecule has 0 unspecified atom stereocenters. The van der Waals surface area contributed by atoms with Crippen LogP contribution < -0.4 is 10.8 Å². The molecule has 7 nitrogen and oxygen atoms in total. The fourth-order valence-electron chi connectivity index (χ4n) is 1.45. The number of nitrogens with one attached hydrogen (secondary N) is 2. The summed E-state index contributed by atoms with van der Waals surface area (Å²) < 4.78 is 16.0. The van der Waals surface area contributed by atoms with E-state index >= 15 is 0 Å². The van der Waals surface area contributed by atoms with Crippen LogP contribution in [0.4, 0.5) is 0 Å². The van der Waals surface area contributed by atoms with Crippen LogP contribution in [0.3, 0.4) is 0 Å². The molecular weight excluding hydrogens is 268 g/mol. The predicted molar refractivity (Wildman–Crippen MR) is 73.5 cm³/mol. The average Bonchev–Trinajstić information content (AvgIpc) is 2.46. The van der Waals surface area contributed by atoms with Gasteiger partial charge in [0.2, 0.25) is 0 Å². The molecule has 0 rings (SSSR count). The van der Waals surface area contributed by atoms with Gasteiger partial charge >= 0.3 is 14.8 Å². The van der Waals surface area contributed by atoms with E-state index in [4.69, 9.17) is 18.1 Å². The van der Waals surface area contributed by atoms with Crippen molar-refractivity contribution in [2.24, 2.45) is 0 Å². The van der Waals surface area contributed by atoms with Crippen LogP contribution in [0.5, 0.6) is 0 Å². The molecule has 0 atom stereocenters. The van der Waals surface area contributed by atoms with Gasteiger partial charge in [0.05, 0.1) is 0 Å². The van der Waals surface area contributed by atoms with Gasteiger partial charge in [0.15, 0.2) is 0 Å². The molecule has 0 aliphatic carbocycles. The Morgan fingerprint density at radius 2 is 1.68 bits per heavy atom. The first-order valence-corrected chi connectivity index (χ1v) is 8.36. The highest BCUT2D eigenvalue weighted by atomic mass is 28.4. The lowest BCUT2D eigenvalue weighted by atomic mass is 10.5. The van der Waals surface area contributed by atoms with Gasteiger partial charge in [-0.3, -0.25) is 4.79 Å². The Labute approximate surface area is 116 Å². The first kappa shape index (κ1) is 18.5. The third kappa shape index (κ3) is 8.29. The summed E-state index contributed by atoms with van der Waals surface area (Å²) in [6.45, 7) is 3.87. The highest BCUT2D eigenvalue weighted by Gasteiger charge is 2.36. The standard InChI is InChI=1S/C11H26N2O5Si/c1-5-11(14)18-13-9-8-12-7-6-10-19(15-2,16-3)17-4/h12-13H,5-10H2,1-4H3. The maximum atomic E-state index is 10.8. The van der Waals surface area contributed by atoms with Gasteiger partial charge in [-0.25, -0.2) is 0 Å². The van der Waals surface area contributed by atoms with Gasteiger partial charge < -0.3 is 23.4 Å². The predicted octanol–water partition coefficient (Wildman–Crippen LogP) is 0.302. The molecule has 0 aromatic heterocycles. The molecule has 0 aliphatic heterocycles. The van der Waals surface area contributed by atoms with Crippen molar-refractivity contribution in [3.63, 3.8) is 0 Å². The van der Waals surface area contributed by atoms with Crippen LogP contribution in [0.25, 0.3) is 0 Å². The second-order valence-electron chi connectivity index (χ2n) is 3.87. The number of hydrogen-bond acceptors (Lipinski definition) is 7. The van der Waals surface area contributed by atoms with Crippen molar-refractivity contribution >= 4 is 14.8 Å². The Bertz CT molecular complexity index is 231. The fraction of sp³-hybridized carbons (Fsp3) is 0.909. The van der Waals surface area contributed by atoms with Gasteiger partial charge in [0.25, 0.3) is 0 Å². The first-order valence-electron chi connectivity index (χ1n) is 6.42. The van der Waals surface area contributed by atoms with E-state index < -0.39 is 8.80 Å². The van der Waals surface area contributed by atoms with Crippen molar-refractivity contribution in [2.75, 3.05) is 41.0 Å². The average molecular weight is 294 g/mol. The summed E-state index contributed by atoms with van der Waals surface area (Å²) in [5.41, 5.74) is 2.60. The zero-order chi connectivity index (χ0) is 14.6. The molecule has 0 bridgehead atoms. The van der Waals surface area contributed by atoms with E-state index in [1.54, 1.807) is 28.3 Å². The van der Waals surface area contributed by atoms with E-state index in [1.165, 1.54) is 0 Å². The second-order valence-corrected chi connectivity index (χ2v) is 6.96. The maximum Gasteiger partial charge on any atom is 0.500 e. The van der Waals surface area contributed by atoms with E-state index in [-0.39, 0.29) is 5.97 Å². The zero-order valence-electron chi connectivity index (χ0n) is 12.3. The minimum Gasteiger partial charge on any atom is -0.377 e. The number of hydrogen-bond donors (Lipinski definition) is 2. The Hall–Kier alpha value is -0.513. The van der Waals surface area contributed by atoms with Crippen LogP contribution in [0.1, 0.15) is 19.8 Å². The molecule has 0 aromatic rings. The summed E-state index contributed by atoms with van der Waals surface area (Å²) in [4.78, 5) is 15.5. The number of hydroxylamine groups is 1. The highest BCUT2D eigenvalue weighted by molar-refractivity contribution is 6.60. The Kier molecular flexibility index (Phi) is 11.0. The smallest absolute Gasteiger partial charge is 0.377 e. The number of carbonyl (C=O) groups is 1. The van der Waals surface area contributed by atoms with Crippen molar-refractivity contribution in [3.8, 4) is 0 Å².